The van der Waals surface area contributed by atoms with E-state index in [0.717, 1.165) is 42.3 Å². The number of hydrogen-bond donors (Lipinski definition) is 1. The first kappa shape index (κ1) is 23.4. The van der Waals surface area contributed by atoms with Gasteiger partial charge in [0.2, 0.25) is 0 Å². The van der Waals surface area contributed by atoms with Crippen molar-refractivity contribution in [1.82, 2.24) is 29.9 Å². The van der Waals surface area contributed by atoms with Gasteiger partial charge in [-0.05, 0) is 49.9 Å². The van der Waals surface area contributed by atoms with Gasteiger partial charge in [0.25, 0.3) is 5.91 Å². The van der Waals surface area contributed by atoms with E-state index in [4.69, 9.17) is 16.3 Å². The minimum absolute atomic E-state index is 0.00832. The minimum Gasteiger partial charge on any atom is -0.356 e. The average Bonchev–Trinajstić information content (AvgIpc) is 3.45. The van der Waals surface area contributed by atoms with Crippen molar-refractivity contribution < 1.29 is 13.9 Å². The molecule has 0 bridgehead atoms. The van der Waals surface area contributed by atoms with Gasteiger partial charge in [0, 0.05) is 37.6 Å². The first-order valence-corrected chi connectivity index (χ1v) is 12.1. The highest BCUT2D eigenvalue weighted by Gasteiger charge is 2.21. The molecule has 2 aromatic carbocycles. The molecule has 1 aliphatic rings. The summed E-state index contributed by atoms with van der Waals surface area (Å²) >= 11 is 6.77. The molecule has 0 aliphatic carbocycles. The first-order valence-electron chi connectivity index (χ1n) is 11.7. The van der Waals surface area contributed by atoms with Crippen LogP contribution in [0.5, 0.6) is 0 Å². The fourth-order valence-electron chi connectivity index (χ4n) is 4.37. The Balaban J connectivity index is 1.40. The molecule has 3 heterocycles. The van der Waals surface area contributed by atoms with Crippen LogP contribution in [0.4, 0.5) is 4.39 Å². The number of halogens is 2. The number of amides is 1. The summed E-state index contributed by atoms with van der Waals surface area (Å²) < 4.78 is 24.0. The van der Waals surface area contributed by atoms with Crippen molar-refractivity contribution >= 4 is 28.4 Å². The molecule has 1 unspecified atom stereocenters. The molecule has 0 spiro atoms. The quantitative estimate of drug-likeness (QED) is 0.419. The van der Waals surface area contributed by atoms with E-state index in [-0.39, 0.29) is 11.8 Å². The molecule has 8 nitrogen and oxygen atoms in total. The van der Waals surface area contributed by atoms with Crippen LogP contribution >= 0.6 is 11.6 Å². The number of hydrogen-bond acceptors (Lipinski definition) is 5. The van der Waals surface area contributed by atoms with Crippen LogP contribution in [-0.2, 0) is 18.2 Å². The molecule has 2 aromatic heterocycles. The molecule has 1 atom stereocenters. The van der Waals surface area contributed by atoms with Gasteiger partial charge in [0.1, 0.15) is 11.6 Å². The summed E-state index contributed by atoms with van der Waals surface area (Å²) in [5.74, 6) is -0.00897. The summed E-state index contributed by atoms with van der Waals surface area (Å²) in [6.45, 7) is 2.95. The Morgan fingerprint density at radius 3 is 2.89 bits per heavy atom. The van der Waals surface area contributed by atoms with Crippen LogP contribution < -0.4 is 5.32 Å². The molecular weight excluding hydrogens is 471 g/mol. The van der Waals surface area contributed by atoms with E-state index in [2.05, 4.69) is 20.5 Å². The molecule has 5 rings (SSSR count). The second-order valence-electron chi connectivity index (χ2n) is 8.59. The van der Waals surface area contributed by atoms with E-state index >= 15 is 0 Å². The highest BCUT2D eigenvalue weighted by atomic mass is 35.5. The maximum atomic E-state index is 14.5. The lowest BCUT2D eigenvalue weighted by molar-refractivity contribution is -0.0366. The van der Waals surface area contributed by atoms with Crippen LogP contribution in [0, 0.1) is 5.82 Å². The van der Waals surface area contributed by atoms with Crippen molar-refractivity contribution in [2.24, 2.45) is 7.05 Å². The average molecular weight is 497 g/mol. The summed E-state index contributed by atoms with van der Waals surface area (Å²) in [6, 6.07) is 8.36. The number of rotatable bonds is 6. The largest absolute Gasteiger partial charge is 0.356 e. The van der Waals surface area contributed by atoms with Crippen LogP contribution in [0.15, 0.2) is 36.5 Å². The van der Waals surface area contributed by atoms with Gasteiger partial charge in [-0.3, -0.25) is 9.48 Å². The smallest absolute Gasteiger partial charge is 0.254 e. The van der Waals surface area contributed by atoms with Gasteiger partial charge in [-0.2, -0.15) is 10.2 Å². The molecule has 4 aromatic rings. The van der Waals surface area contributed by atoms with Crippen LogP contribution in [0.1, 0.15) is 54.2 Å². The second kappa shape index (κ2) is 9.75. The number of aryl methyl sites for hydroxylation is 1. The maximum absolute atomic E-state index is 14.5. The first-order chi connectivity index (χ1) is 17.0. The molecule has 1 saturated heterocycles. The van der Waals surface area contributed by atoms with Crippen molar-refractivity contribution in [1.29, 1.82) is 0 Å². The van der Waals surface area contributed by atoms with Crippen LogP contribution in [0.3, 0.4) is 0 Å². The number of ether oxygens (including phenoxy) is 1. The van der Waals surface area contributed by atoms with Gasteiger partial charge in [0.05, 0.1) is 22.3 Å². The van der Waals surface area contributed by atoms with Crippen LogP contribution in [0.2, 0.25) is 5.02 Å². The minimum atomic E-state index is -0.616. The van der Waals surface area contributed by atoms with Crippen molar-refractivity contribution in [2.45, 2.75) is 38.8 Å². The Labute approximate surface area is 207 Å². The second-order valence-corrected chi connectivity index (χ2v) is 8.97. The zero-order chi connectivity index (χ0) is 24.5. The summed E-state index contributed by atoms with van der Waals surface area (Å²) in [4.78, 5) is 16.6. The summed E-state index contributed by atoms with van der Waals surface area (Å²) in [7, 11) is 1.79. The third-order valence-electron chi connectivity index (χ3n) is 6.23. The lowest BCUT2D eigenvalue weighted by Crippen LogP contribution is -2.23. The van der Waals surface area contributed by atoms with E-state index in [1.54, 1.807) is 30.9 Å². The fraction of sp³-hybridized carbons (Fsp3) is 0.360. The monoisotopic (exact) mass is 496 g/mol. The van der Waals surface area contributed by atoms with Gasteiger partial charge >= 0.3 is 0 Å². The number of fused-ring (bicyclic) bond motifs is 1. The standard InChI is InChI=1S/C25H26ClFN6O2/c1-3-28-25(34)17-9-7-16(12-19(17)27)24-30-21(32(2)31-24)13-15-8-10-20-18(23(15)26)14-29-33(20)22-6-4-5-11-35-22/h7-10,12,14,22H,3-6,11,13H2,1-2H3,(H,28,34). The third-order valence-corrected chi connectivity index (χ3v) is 6.68. The number of nitrogens with one attached hydrogen (secondary N) is 1. The third kappa shape index (κ3) is 4.53. The Bertz CT molecular complexity index is 1390. The highest BCUT2D eigenvalue weighted by molar-refractivity contribution is 6.36. The molecular formula is C25H26ClFN6O2. The van der Waals surface area contributed by atoms with Gasteiger partial charge in [-0.15, -0.1) is 0 Å². The highest BCUT2D eigenvalue weighted by Crippen LogP contribution is 2.32. The Kier molecular flexibility index (Phi) is 6.53. The zero-order valence-electron chi connectivity index (χ0n) is 19.6. The molecule has 1 amide bonds. The normalized spacial score (nSPS) is 16.1. The zero-order valence-corrected chi connectivity index (χ0v) is 20.3. The lowest BCUT2D eigenvalue weighted by Gasteiger charge is -2.23. The van der Waals surface area contributed by atoms with Crippen LogP contribution in [0.25, 0.3) is 22.3 Å². The van der Waals surface area contributed by atoms with E-state index in [1.165, 1.54) is 12.1 Å². The van der Waals surface area contributed by atoms with Crippen molar-refractivity contribution in [3.63, 3.8) is 0 Å². The Hall–Kier alpha value is -3.30. The van der Waals surface area contributed by atoms with E-state index in [0.29, 0.717) is 35.2 Å². The summed E-state index contributed by atoms with van der Waals surface area (Å²) in [5, 5.41) is 13.1. The van der Waals surface area contributed by atoms with Gasteiger partial charge in [0.15, 0.2) is 12.1 Å². The molecule has 1 fully saturated rings. The SMILES string of the molecule is CCNC(=O)c1ccc(-c2nc(Cc3ccc4c(cnn4C4CCCCO4)c3Cl)n(C)n2)cc1F. The Morgan fingerprint density at radius 1 is 1.29 bits per heavy atom. The molecule has 182 valence electrons. The van der Waals surface area contributed by atoms with Gasteiger partial charge in [-0.1, -0.05) is 23.7 Å². The molecule has 35 heavy (non-hydrogen) atoms. The fourth-order valence-corrected chi connectivity index (χ4v) is 4.65. The maximum Gasteiger partial charge on any atom is 0.254 e. The van der Waals surface area contributed by atoms with E-state index in [1.807, 2.05) is 16.8 Å². The predicted molar refractivity (Wildman–Crippen MR) is 131 cm³/mol. The number of nitrogens with zero attached hydrogens (tertiary/aromatic N) is 5. The van der Waals surface area contributed by atoms with E-state index in [9.17, 15) is 9.18 Å². The van der Waals surface area contributed by atoms with E-state index < -0.39 is 11.7 Å². The lowest BCUT2D eigenvalue weighted by atomic mass is 10.1. The van der Waals surface area contributed by atoms with Gasteiger partial charge in [-0.25, -0.2) is 14.1 Å². The van der Waals surface area contributed by atoms with Crippen molar-refractivity contribution in [3.05, 3.63) is 64.3 Å². The summed E-state index contributed by atoms with van der Waals surface area (Å²) in [6.07, 6.45) is 5.28. The topological polar surface area (TPSA) is 86.9 Å². The molecule has 10 heteroatoms. The Morgan fingerprint density at radius 2 is 2.14 bits per heavy atom. The number of carbonyl (C=O) groups is 1. The number of aromatic nitrogens is 5. The van der Waals surface area contributed by atoms with Gasteiger partial charge < -0.3 is 10.1 Å². The van der Waals surface area contributed by atoms with Crippen LogP contribution in [-0.4, -0.2) is 43.6 Å². The molecule has 1 N–H and O–H groups in total. The summed E-state index contributed by atoms with van der Waals surface area (Å²) in [5.41, 5.74) is 2.31. The van der Waals surface area contributed by atoms with Crippen molar-refractivity contribution in [3.8, 4) is 11.4 Å². The van der Waals surface area contributed by atoms with Crippen molar-refractivity contribution in [2.75, 3.05) is 13.2 Å². The number of benzene rings is 2. The molecule has 0 saturated carbocycles. The molecule has 0 radical (unpaired) electrons. The predicted octanol–water partition coefficient (Wildman–Crippen LogP) is 4.66. The number of carbonyl (C=O) groups excluding carboxylic acids is 1. The molecule has 1 aliphatic heterocycles.